The zero-order chi connectivity index (χ0) is 21.1. The Hall–Kier alpha value is -3.35. The Balaban J connectivity index is 1.97. The second-order valence-electron chi connectivity index (χ2n) is 6.80. The van der Waals surface area contributed by atoms with Crippen molar-refractivity contribution < 1.29 is 14.3 Å². The van der Waals surface area contributed by atoms with Crippen molar-refractivity contribution in [3.8, 4) is 11.5 Å². The maximum atomic E-state index is 12.9. The van der Waals surface area contributed by atoms with Crippen LogP contribution in [0.25, 0.3) is 11.0 Å². The lowest BCUT2D eigenvalue weighted by molar-refractivity contribution is 0.0943. The molecule has 1 heterocycles. The highest BCUT2D eigenvalue weighted by atomic mass is 16.5. The predicted octanol–water partition coefficient (Wildman–Crippen LogP) is 2.98. The molecule has 1 aromatic heterocycles. The summed E-state index contributed by atoms with van der Waals surface area (Å²) in [6.07, 6.45) is 0. The van der Waals surface area contributed by atoms with E-state index < -0.39 is 11.5 Å². The van der Waals surface area contributed by atoms with Crippen molar-refractivity contribution in [2.24, 2.45) is 0 Å². The molecule has 3 aromatic rings. The largest absolute Gasteiger partial charge is 0.497 e. The number of aromatic nitrogens is 2. The summed E-state index contributed by atoms with van der Waals surface area (Å²) in [6.45, 7) is 6.47. The first-order valence-electron chi connectivity index (χ1n) is 9.40. The van der Waals surface area contributed by atoms with Gasteiger partial charge in [-0.2, -0.15) is 0 Å². The van der Waals surface area contributed by atoms with E-state index >= 15 is 0 Å². The summed E-state index contributed by atoms with van der Waals surface area (Å²) in [7, 11) is 3.13. The van der Waals surface area contributed by atoms with Gasteiger partial charge in [0.1, 0.15) is 11.5 Å². The van der Waals surface area contributed by atoms with Crippen LogP contribution in [0.5, 0.6) is 11.5 Å². The molecule has 7 heteroatoms. The van der Waals surface area contributed by atoms with E-state index in [-0.39, 0.29) is 12.2 Å². The maximum Gasteiger partial charge on any atom is 0.282 e. The fourth-order valence-corrected chi connectivity index (χ4v) is 3.24. The summed E-state index contributed by atoms with van der Waals surface area (Å²) in [6, 6.07) is 9.16. The number of fused-ring (bicyclic) bond motifs is 1. The molecular weight excluding hydrogens is 370 g/mol. The van der Waals surface area contributed by atoms with Crippen LogP contribution in [0.1, 0.15) is 34.1 Å². The molecule has 0 aliphatic carbocycles. The molecule has 1 N–H and O–H groups in total. The Kier molecular flexibility index (Phi) is 5.87. The molecule has 0 radical (unpaired) electrons. The number of rotatable bonds is 6. The van der Waals surface area contributed by atoms with E-state index in [1.807, 2.05) is 32.9 Å². The lowest BCUT2D eigenvalue weighted by Crippen LogP contribution is -2.34. The lowest BCUT2D eigenvalue weighted by atomic mass is 10.1. The van der Waals surface area contributed by atoms with Gasteiger partial charge in [-0.05, 0) is 62.2 Å². The molecule has 0 aliphatic rings. The summed E-state index contributed by atoms with van der Waals surface area (Å²) < 4.78 is 12.1. The number of aryl methyl sites for hydroxylation is 3. The Morgan fingerprint density at radius 3 is 2.48 bits per heavy atom. The highest BCUT2D eigenvalue weighted by Crippen LogP contribution is 2.24. The molecule has 3 rings (SSSR count). The Morgan fingerprint density at radius 1 is 1.10 bits per heavy atom. The molecule has 7 nitrogen and oxygen atoms in total. The van der Waals surface area contributed by atoms with Crippen molar-refractivity contribution in [3.05, 3.63) is 63.1 Å². The predicted molar refractivity (Wildman–Crippen MR) is 112 cm³/mol. The van der Waals surface area contributed by atoms with E-state index in [4.69, 9.17) is 9.47 Å². The molecule has 0 fully saturated rings. The minimum absolute atomic E-state index is 0.121. The van der Waals surface area contributed by atoms with Gasteiger partial charge in [0.05, 0.1) is 25.3 Å². The van der Waals surface area contributed by atoms with Crippen molar-refractivity contribution in [1.82, 2.24) is 14.9 Å². The van der Waals surface area contributed by atoms with Crippen molar-refractivity contribution in [3.63, 3.8) is 0 Å². The van der Waals surface area contributed by atoms with Gasteiger partial charge in [-0.3, -0.25) is 9.59 Å². The topological polar surface area (TPSA) is 82.5 Å². The minimum atomic E-state index is -0.526. The van der Waals surface area contributed by atoms with Crippen molar-refractivity contribution in [1.29, 1.82) is 0 Å². The third-order valence-electron chi connectivity index (χ3n) is 5.02. The van der Waals surface area contributed by atoms with Crippen LogP contribution in [0.15, 0.2) is 35.1 Å². The summed E-state index contributed by atoms with van der Waals surface area (Å²) >= 11 is 0. The average Bonchev–Trinajstić information content (AvgIpc) is 2.72. The number of hydrogen-bond donors (Lipinski definition) is 1. The van der Waals surface area contributed by atoms with Crippen LogP contribution in [0, 0.1) is 13.8 Å². The number of hydrogen-bond acceptors (Lipinski definition) is 5. The summed E-state index contributed by atoms with van der Waals surface area (Å²) in [5, 5.41) is 2.77. The second kappa shape index (κ2) is 8.34. The van der Waals surface area contributed by atoms with E-state index in [0.717, 1.165) is 22.2 Å². The molecule has 0 bridgehead atoms. The summed E-state index contributed by atoms with van der Waals surface area (Å²) in [5.41, 5.74) is 3.69. The highest BCUT2D eigenvalue weighted by molar-refractivity contribution is 5.94. The number of methoxy groups -OCH3 is 2. The normalized spacial score (nSPS) is 10.8. The molecule has 0 saturated carbocycles. The fourth-order valence-electron chi connectivity index (χ4n) is 3.24. The zero-order valence-electron chi connectivity index (χ0n) is 17.3. The van der Waals surface area contributed by atoms with Crippen molar-refractivity contribution in [2.45, 2.75) is 33.9 Å². The minimum Gasteiger partial charge on any atom is -0.497 e. The Labute approximate surface area is 169 Å². The Bertz CT molecular complexity index is 1140. The third-order valence-corrected chi connectivity index (χ3v) is 5.02. The average molecular weight is 395 g/mol. The van der Waals surface area contributed by atoms with Gasteiger partial charge < -0.3 is 19.4 Å². The van der Waals surface area contributed by atoms with Crippen LogP contribution < -0.4 is 20.3 Å². The molecule has 0 saturated heterocycles. The van der Waals surface area contributed by atoms with Crippen LogP contribution in [0.4, 0.5) is 0 Å². The molecule has 0 unspecified atom stereocenters. The van der Waals surface area contributed by atoms with E-state index in [1.165, 1.54) is 0 Å². The number of carbonyl (C=O) groups is 1. The van der Waals surface area contributed by atoms with E-state index in [2.05, 4.69) is 10.3 Å². The van der Waals surface area contributed by atoms with Crippen LogP contribution in [0.3, 0.4) is 0 Å². The molecule has 0 atom stereocenters. The first-order chi connectivity index (χ1) is 13.9. The van der Waals surface area contributed by atoms with Crippen molar-refractivity contribution in [2.75, 3.05) is 14.2 Å². The molecular formula is C22H25N3O4. The molecule has 152 valence electrons. The van der Waals surface area contributed by atoms with Gasteiger partial charge in [0.15, 0.2) is 5.69 Å². The first kappa shape index (κ1) is 20.4. The smallest absolute Gasteiger partial charge is 0.282 e. The molecule has 29 heavy (non-hydrogen) atoms. The van der Waals surface area contributed by atoms with Gasteiger partial charge in [-0.15, -0.1) is 0 Å². The standard InChI is InChI=1S/C22H25N3O4/c1-6-25-18-10-14(3)13(2)9-17(18)24-20(22(25)27)21(26)23-12-15-11-16(28-4)7-8-19(15)29-5/h7-11H,6,12H2,1-5H3,(H,23,26). The molecule has 0 spiro atoms. The number of ether oxygens (including phenoxy) is 2. The van der Waals surface area contributed by atoms with Crippen molar-refractivity contribution >= 4 is 16.9 Å². The van der Waals surface area contributed by atoms with E-state index in [9.17, 15) is 9.59 Å². The summed E-state index contributed by atoms with van der Waals surface area (Å²) in [4.78, 5) is 30.1. The lowest BCUT2D eigenvalue weighted by Gasteiger charge is -2.13. The number of nitrogens with one attached hydrogen (secondary N) is 1. The number of benzene rings is 2. The molecule has 0 aliphatic heterocycles. The molecule has 2 aromatic carbocycles. The zero-order valence-corrected chi connectivity index (χ0v) is 17.3. The maximum absolute atomic E-state index is 12.9. The van der Waals surface area contributed by atoms with Crippen LogP contribution >= 0.6 is 0 Å². The van der Waals surface area contributed by atoms with Crippen LogP contribution in [-0.4, -0.2) is 29.7 Å². The van der Waals surface area contributed by atoms with Gasteiger partial charge >= 0.3 is 0 Å². The van der Waals surface area contributed by atoms with Crippen LogP contribution in [0.2, 0.25) is 0 Å². The van der Waals surface area contributed by atoms with Gasteiger partial charge in [0.25, 0.3) is 11.5 Å². The Morgan fingerprint density at radius 2 is 1.83 bits per heavy atom. The monoisotopic (exact) mass is 395 g/mol. The fraction of sp³-hybridized carbons (Fsp3) is 0.318. The quantitative estimate of drug-likeness (QED) is 0.694. The van der Waals surface area contributed by atoms with Gasteiger partial charge in [-0.25, -0.2) is 4.98 Å². The summed E-state index contributed by atoms with van der Waals surface area (Å²) in [5.74, 6) is 0.745. The second-order valence-corrected chi connectivity index (χ2v) is 6.80. The van der Waals surface area contributed by atoms with E-state index in [0.29, 0.717) is 23.6 Å². The number of amides is 1. The van der Waals surface area contributed by atoms with Gasteiger partial charge in [-0.1, -0.05) is 0 Å². The van der Waals surface area contributed by atoms with Gasteiger partial charge in [0, 0.05) is 18.7 Å². The third kappa shape index (κ3) is 3.94. The number of carbonyl (C=O) groups excluding carboxylic acids is 1. The number of nitrogens with zero attached hydrogens (tertiary/aromatic N) is 2. The molecule has 1 amide bonds. The van der Waals surface area contributed by atoms with E-state index in [1.54, 1.807) is 37.0 Å². The van der Waals surface area contributed by atoms with Crippen LogP contribution in [-0.2, 0) is 13.1 Å². The van der Waals surface area contributed by atoms with Gasteiger partial charge in [0.2, 0.25) is 0 Å². The SMILES string of the molecule is CCn1c(=O)c(C(=O)NCc2cc(OC)ccc2OC)nc2cc(C)c(C)cc21. The highest BCUT2D eigenvalue weighted by Gasteiger charge is 2.18. The first-order valence-corrected chi connectivity index (χ1v) is 9.40.